The molecule has 1 N–H and O–H groups in total. The molecule has 0 aliphatic rings. The van der Waals surface area contributed by atoms with Gasteiger partial charge in [-0.3, -0.25) is 4.68 Å². The highest BCUT2D eigenvalue weighted by molar-refractivity contribution is 5.81. The lowest BCUT2D eigenvalue weighted by atomic mass is 10.4. The first-order valence-corrected chi connectivity index (χ1v) is 4.19. The Kier molecular flexibility index (Phi) is 3.72. The summed E-state index contributed by atoms with van der Waals surface area (Å²) < 4.78 is 6.19. The van der Waals surface area contributed by atoms with Crippen molar-refractivity contribution < 1.29 is 9.53 Å². The molecule has 0 amide bonds. The van der Waals surface area contributed by atoms with E-state index in [1.54, 1.807) is 17.1 Å². The van der Waals surface area contributed by atoms with E-state index < -0.39 is 0 Å². The van der Waals surface area contributed by atoms with Crippen molar-refractivity contribution in [2.24, 2.45) is 7.05 Å². The fraction of sp³-hybridized carbons (Fsp3) is 0.333. The Hall–Kier alpha value is -1.78. The highest BCUT2D eigenvalue weighted by Crippen LogP contribution is 1.94. The Morgan fingerprint density at radius 3 is 3.14 bits per heavy atom. The Morgan fingerprint density at radius 2 is 2.57 bits per heavy atom. The van der Waals surface area contributed by atoms with Gasteiger partial charge in [0.15, 0.2) is 0 Å². The van der Waals surface area contributed by atoms with E-state index in [9.17, 15) is 4.79 Å². The summed E-state index contributed by atoms with van der Waals surface area (Å²) in [6, 6.07) is 1.90. The summed E-state index contributed by atoms with van der Waals surface area (Å²) in [5.74, 6) is -0.373. The molecule has 0 fully saturated rings. The lowest BCUT2D eigenvalue weighted by Crippen LogP contribution is -2.10. The van der Waals surface area contributed by atoms with Crippen LogP contribution in [0, 0.1) is 0 Å². The fourth-order valence-electron chi connectivity index (χ4n) is 0.933. The van der Waals surface area contributed by atoms with E-state index in [2.05, 4.69) is 15.2 Å². The predicted octanol–water partition coefficient (Wildman–Crippen LogP) is 0.196. The number of ether oxygens (including phenoxy) is 1. The molecule has 5 nitrogen and oxygen atoms in total. The van der Waals surface area contributed by atoms with Gasteiger partial charge in [-0.2, -0.15) is 5.10 Å². The van der Waals surface area contributed by atoms with Crippen molar-refractivity contribution in [1.82, 2.24) is 15.1 Å². The first kappa shape index (κ1) is 10.3. The minimum Gasteiger partial charge on any atom is -0.466 e. The molecular weight excluding hydrogens is 182 g/mol. The summed E-state index contributed by atoms with van der Waals surface area (Å²) in [7, 11) is 3.20. The lowest BCUT2D eigenvalue weighted by molar-refractivity contribution is -0.134. The van der Waals surface area contributed by atoms with Crippen LogP contribution in [0.15, 0.2) is 24.5 Å². The molecule has 76 valence electrons. The monoisotopic (exact) mass is 195 g/mol. The number of carbonyl (C=O) groups is 1. The first-order valence-electron chi connectivity index (χ1n) is 4.19. The average molecular weight is 195 g/mol. The molecule has 0 unspecified atom stereocenters. The number of aromatic nitrogens is 2. The fourth-order valence-corrected chi connectivity index (χ4v) is 0.933. The molecule has 0 bridgehead atoms. The standard InChI is InChI=1S/C9H13N3O2/c1-12-8(3-6-11-12)7-10-5-4-9(13)14-2/h3-6,10H,7H2,1-2H3/b5-4+. The second-order valence-corrected chi connectivity index (χ2v) is 2.68. The van der Waals surface area contributed by atoms with Gasteiger partial charge in [-0.15, -0.1) is 0 Å². The summed E-state index contributed by atoms with van der Waals surface area (Å²) >= 11 is 0. The summed E-state index contributed by atoms with van der Waals surface area (Å²) in [5.41, 5.74) is 1.04. The molecule has 0 radical (unpaired) electrons. The van der Waals surface area contributed by atoms with Gasteiger partial charge < -0.3 is 10.1 Å². The Balaban J connectivity index is 2.32. The SMILES string of the molecule is COC(=O)/C=C/NCc1ccnn1C. The zero-order valence-corrected chi connectivity index (χ0v) is 8.23. The maximum absolute atomic E-state index is 10.7. The van der Waals surface area contributed by atoms with E-state index in [1.165, 1.54) is 13.2 Å². The van der Waals surface area contributed by atoms with Crippen LogP contribution in [0.2, 0.25) is 0 Å². The largest absolute Gasteiger partial charge is 0.466 e. The van der Waals surface area contributed by atoms with Gasteiger partial charge >= 0.3 is 5.97 Å². The minimum atomic E-state index is -0.373. The third-order valence-electron chi connectivity index (χ3n) is 1.74. The predicted molar refractivity (Wildman–Crippen MR) is 51.2 cm³/mol. The molecule has 14 heavy (non-hydrogen) atoms. The van der Waals surface area contributed by atoms with Gasteiger partial charge in [0, 0.05) is 25.5 Å². The topological polar surface area (TPSA) is 56.1 Å². The molecule has 5 heteroatoms. The smallest absolute Gasteiger partial charge is 0.331 e. The van der Waals surface area contributed by atoms with Gasteiger partial charge in [-0.25, -0.2) is 4.79 Å². The first-order chi connectivity index (χ1) is 6.74. The van der Waals surface area contributed by atoms with Crippen LogP contribution in [-0.4, -0.2) is 22.9 Å². The third-order valence-corrected chi connectivity index (χ3v) is 1.74. The summed E-state index contributed by atoms with van der Waals surface area (Å²) in [6.07, 6.45) is 4.61. The van der Waals surface area contributed by atoms with Crippen LogP contribution in [0.5, 0.6) is 0 Å². The number of aryl methyl sites for hydroxylation is 1. The van der Waals surface area contributed by atoms with Crippen LogP contribution >= 0.6 is 0 Å². The van der Waals surface area contributed by atoms with Gasteiger partial charge in [0.2, 0.25) is 0 Å². The maximum Gasteiger partial charge on any atom is 0.331 e. The van der Waals surface area contributed by atoms with Crippen LogP contribution in [0.3, 0.4) is 0 Å². The molecule has 0 spiro atoms. The highest BCUT2D eigenvalue weighted by Gasteiger charge is 1.95. The second kappa shape index (κ2) is 5.06. The van der Waals surface area contributed by atoms with E-state index in [0.717, 1.165) is 5.69 Å². The highest BCUT2D eigenvalue weighted by atomic mass is 16.5. The Morgan fingerprint density at radius 1 is 1.79 bits per heavy atom. The van der Waals surface area contributed by atoms with Crippen LogP contribution in [0.4, 0.5) is 0 Å². The van der Waals surface area contributed by atoms with Crippen molar-refractivity contribution in [3.8, 4) is 0 Å². The van der Waals surface area contributed by atoms with Crippen molar-refractivity contribution in [3.63, 3.8) is 0 Å². The van der Waals surface area contributed by atoms with Crippen LogP contribution < -0.4 is 5.32 Å². The molecule has 1 aromatic heterocycles. The maximum atomic E-state index is 10.7. The average Bonchev–Trinajstić information content (AvgIpc) is 2.58. The Labute approximate surface area is 82.4 Å². The summed E-state index contributed by atoms with van der Waals surface area (Å²) in [6.45, 7) is 0.629. The van der Waals surface area contributed by atoms with E-state index in [1.807, 2.05) is 13.1 Å². The van der Waals surface area contributed by atoms with Crippen LogP contribution in [0.1, 0.15) is 5.69 Å². The molecule has 1 heterocycles. The van der Waals surface area contributed by atoms with Crippen molar-refractivity contribution >= 4 is 5.97 Å². The molecular formula is C9H13N3O2. The number of hydrogen-bond donors (Lipinski definition) is 1. The number of hydrogen-bond acceptors (Lipinski definition) is 4. The number of nitrogens with one attached hydrogen (secondary N) is 1. The third kappa shape index (κ3) is 2.93. The van der Waals surface area contributed by atoms with Gasteiger partial charge in [-0.1, -0.05) is 0 Å². The normalized spacial score (nSPS) is 10.4. The van der Waals surface area contributed by atoms with E-state index in [0.29, 0.717) is 6.54 Å². The minimum absolute atomic E-state index is 0.373. The Bertz CT molecular complexity index is 331. The van der Waals surface area contributed by atoms with Gasteiger partial charge in [-0.05, 0) is 6.07 Å². The van der Waals surface area contributed by atoms with Gasteiger partial charge in [0.25, 0.3) is 0 Å². The molecule has 0 aromatic carbocycles. The van der Waals surface area contributed by atoms with Crippen molar-refractivity contribution in [3.05, 3.63) is 30.2 Å². The molecule has 0 atom stereocenters. The second-order valence-electron chi connectivity index (χ2n) is 2.68. The quantitative estimate of drug-likeness (QED) is 0.550. The van der Waals surface area contributed by atoms with Gasteiger partial charge in [0.05, 0.1) is 19.3 Å². The van der Waals surface area contributed by atoms with E-state index in [4.69, 9.17) is 0 Å². The zero-order valence-electron chi connectivity index (χ0n) is 8.23. The van der Waals surface area contributed by atoms with Crippen molar-refractivity contribution in [2.75, 3.05) is 7.11 Å². The van der Waals surface area contributed by atoms with Gasteiger partial charge in [0.1, 0.15) is 0 Å². The van der Waals surface area contributed by atoms with Crippen molar-refractivity contribution in [1.29, 1.82) is 0 Å². The lowest BCUT2D eigenvalue weighted by Gasteiger charge is -2.00. The van der Waals surface area contributed by atoms with Crippen LogP contribution in [0.25, 0.3) is 0 Å². The number of carbonyl (C=O) groups excluding carboxylic acids is 1. The van der Waals surface area contributed by atoms with Crippen LogP contribution in [-0.2, 0) is 23.1 Å². The molecule has 1 aromatic rings. The summed E-state index contributed by atoms with van der Waals surface area (Å²) in [5, 5.41) is 6.96. The number of esters is 1. The number of methoxy groups -OCH3 is 1. The van der Waals surface area contributed by atoms with E-state index >= 15 is 0 Å². The zero-order chi connectivity index (χ0) is 10.4. The van der Waals surface area contributed by atoms with Crippen molar-refractivity contribution in [2.45, 2.75) is 6.54 Å². The molecule has 0 saturated heterocycles. The number of nitrogens with zero attached hydrogens (tertiary/aromatic N) is 2. The summed E-state index contributed by atoms with van der Waals surface area (Å²) in [4.78, 5) is 10.7. The van der Waals surface area contributed by atoms with E-state index in [-0.39, 0.29) is 5.97 Å². The molecule has 0 saturated carbocycles. The molecule has 0 aliphatic heterocycles. The number of rotatable bonds is 4. The molecule has 0 aliphatic carbocycles. The molecule has 1 rings (SSSR count).